The fourth-order valence-electron chi connectivity index (χ4n) is 3.21. The smallest absolute Gasteiger partial charge is 0.413 e. The Morgan fingerprint density at radius 1 is 1.26 bits per heavy atom. The Morgan fingerprint density at radius 2 is 1.89 bits per heavy atom. The first-order valence-electron chi connectivity index (χ1n) is 8.85. The molecule has 0 saturated carbocycles. The third-order valence-electron chi connectivity index (χ3n) is 4.43. The molecule has 2 heterocycles. The van der Waals surface area contributed by atoms with Crippen LogP contribution in [0.4, 0.5) is 4.79 Å². The second-order valence-electron chi connectivity index (χ2n) is 8.40. The van der Waals surface area contributed by atoms with Gasteiger partial charge in [-0.2, -0.15) is 0 Å². The van der Waals surface area contributed by atoms with Crippen LogP contribution in [-0.4, -0.2) is 39.0 Å². The van der Waals surface area contributed by atoms with Gasteiger partial charge in [-0.05, 0) is 71.4 Å². The summed E-state index contributed by atoms with van der Waals surface area (Å²) in [5.74, 6) is 0.220. The normalized spacial score (nSPS) is 22.1. The molecule has 1 aromatic carbocycles. The molecule has 3 rings (SSSR count). The molecule has 1 atom stereocenters. The number of hydrogen-bond donors (Lipinski definition) is 1. The van der Waals surface area contributed by atoms with Crippen molar-refractivity contribution in [3.05, 3.63) is 35.5 Å². The van der Waals surface area contributed by atoms with Gasteiger partial charge in [-0.3, -0.25) is 4.90 Å². The monoisotopic (exact) mass is 390 g/mol. The molecule has 146 valence electrons. The summed E-state index contributed by atoms with van der Waals surface area (Å²) in [5.41, 5.74) is -1.17. The summed E-state index contributed by atoms with van der Waals surface area (Å²) in [7, 11) is 0. The molecule has 1 fully saturated rings. The SMILES string of the molecule is CC(C)(C)OC(=O)N1C(C)(C)OC[C@]1(C)c1ncc(-c2ccc(O)cc2)s1. The number of aromatic hydroxyl groups is 1. The first-order chi connectivity index (χ1) is 12.4. The molecule has 27 heavy (non-hydrogen) atoms. The molecule has 6 nitrogen and oxygen atoms in total. The van der Waals surface area contributed by atoms with Crippen molar-refractivity contribution in [2.24, 2.45) is 0 Å². The van der Waals surface area contributed by atoms with Crippen LogP contribution in [-0.2, 0) is 15.0 Å². The summed E-state index contributed by atoms with van der Waals surface area (Å²) in [6.45, 7) is 11.5. The van der Waals surface area contributed by atoms with Crippen molar-refractivity contribution >= 4 is 17.4 Å². The Hall–Kier alpha value is -2.12. The molecule has 0 aliphatic carbocycles. The van der Waals surface area contributed by atoms with E-state index in [0.29, 0.717) is 6.61 Å². The van der Waals surface area contributed by atoms with Gasteiger partial charge in [0.2, 0.25) is 0 Å². The van der Waals surface area contributed by atoms with Crippen molar-refractivity contribution in [1.29, 1.82) is 0 Å². The molecule has 2 aromatic rings. The van der Waals surface area contributed by atoms with Crippen LogP contribution in [0, 0.1) is 0 Å². The molecule has 0 spiro atoms. The van der Waals surface area contributed by atoms with Gasteiger partial charge in [0.05, 0.1) is 11.5 Å². The van der Waals surface area contributed by atoms with Crippen molar-refractivity contribution < 1.29 is 19.4 Å². The van der Waals surface area contributed by atoms with Gasteiger partial charge in [-0.1, -0.05) is 0 Å². The van der Waals surface area contributed by atoms with E-state index in [-0.39, 0.29) is 5.75 Å². The highest BCUT2D eigenvalue weighted by Crippen LogP contribution is 2.45. The number of nitrogens with zero attached hydrogens (tertiary/aromatic N) is 2. The molecular formula is C20H26N2O4S. The van der Waals surface area contributed by atoms with Crippen LogP contribution in [0.1, 0.15) is 46.6 Å². The summed E-state index contributed by atoms with van der Waals surface area (Å²) in [5, 5.41) is 10.3. The molecule has 1 aliphatic rings. The van der Waals surface area contributed by atoms with Gasteiger partial charge < -0.3 is 14.6 Å². The largest absolute Gasteiger partial charge is 0.508 e. The maximum Gasteiger partial charge on any atom is 0.413 e. The van der Waals surface area contributed by atoms with Crippen molar-refractivity contribution in [3.8, 4) is 16.2 Å². The number of benzene rings is 1. The molecule has 1 amide bonds. The number of rotatable bonds is 2. The summed E-state index contributed by atoms with van der Waals surface area (Å²) in [4.78, 5) is 20.1. The Kier molecular flexibility index (Phi) is 4.72. The zero-order valence-electron chi connectivity index (χ0n) is 16.6. The van der Waals surface area contributed by atoms with Crippen LogP contribution >= 0.6 is 11.3 Å². The van der Waals surface area contributed by atoms with Crippen LogP contribution in [0.25, 0.3) is 10.4 Å². The van der Waals surface area contributed by atoms with E-state index in [4.69, 9.17) is 9.47 Å². The van der Waals surface area contributed by atoms with Crippen molar-refractivity contribution in [3.63, 3.8) is 0 Å². The summed E-state index contributed by atoms with van der Waals surface area (Å²) < 4.78 is 11.6. The zero-order valence-corrected chi connectivity index (χ0v) is 17.4. The van der Waals surface area contributed by atoms with Crippen molar-refractivity contribution in [2.75, 3.05) is 6.61 Å². The van der Waals surface area contributed by atoms with Gasteiger partial charge in [0.15, 0.2) is 0 Å². The highest BCUT2D eigenvalue weighted by atomic mass is 32.1. The first-order valence-corrected chi connectivity index (χ1v) is 9.67. The van der Waals surface area contributed by atoms with Crippen LogP contribution < -0.4 is 0 Å². The Morgan fingerprint density at radius 3 is 2.48 bits per heavy atom. The summed E-state index contributed by atoms with van der Waals surface area (Å²) >= 11 is 1.51. The number of phenols is 1. The van der Waals surface area contributed by atoms with E-state index >= 15 is 0 Å². The van der Waals surface area contributed by atoms with E-state index in [0.717, 1.165) is 15.4 Å². The Bertz CT molecular complexity index is 838. The van der Waals surface area contributed by atoms with Crippen molar-refractivity contribution in [1.82, 2.24) is 9.88 Å². The van der Waals surface area contributed by atoms with Gasteiger partial charge in [0.25, 0.3) is 0 Å². The molecule has 0 unspecified atom stereocenters. The molecule has 1 aliphatic heterocycles. The molecule has 0 bridgehead atoms. The number of carbonyl (C=O) groups excluding carboxylic acids is 1. The maximum absolute atomic E-state index is 13.0. The minimum Gasteiger partial charge on any atom is -0.508 e. The maximum atomic E-state index is 13.0. The van der Waals surface area contributed by atoms with Crippen LogP contribution in [0.2, 0.25) is 0 Å². The Labute approximate surface area is 163 Å². The van der Waals surface area contributed by atoms with Crippen LogP contribution in [0.3, 0.4) is 0 Å². The Balaban J connectivity index is 1.96. The molecule has 1 aromatic heterocycles. The van der Waals surface area contributed by atoms with Gasteiger partial charge >= 0.3 is 6.09 Å². The first kappa shape index (κ1) is 19.6. The average Bonchev–Trinajstić information content (AvgIpc) is 3.10. The molecular weight excluding hydrogens is 364 g/mol. The topological polar surface area (TPSA) is 71.9 Å². The van der Waals surface area contributed by atoms with E-state index in [1.54, 1.807) is 23.2 Å². The van der Waals surface area contributed by atoms with Gasteiger partial charge in [0, 0.05) is 6.20 Å². The van der Waals surface area contributed by atoms with Gasteiger partial charge in [0.1, 0.15) is 27.6 Å². The number of aromatic nitrogens is 1. The predicted molar refractivity (Wildman–Crippen MR) is 105 cm³/mol. The predicted octanol–water partition coefficient (Wildman–Crippen LogP) is 4.73. The van der Waals surface area contributed by atoms with Gasteiger partial charge in [-0.25, -0.2) is 9.78 Å². The second-order valence-corrected chi connectivity index (χ2v) is 9.43. The lowest BCUT2D eigenvalue weighted by Crippen LogP contribution is -2.53. The van der Waals surface area contributed by atoms with Gasteiger partial charge in [-0.15, -0.1) is 11.3 Å². The second kappa shape index (κ2) is 6.49. The third kappa shape index (κ3) is 3.80. The third-order valence-corrected chi connectivity index (χ3v) is 5.73. The fourth-order valence-corrected chi connectivity index (χ4v) is 4.25. The van der Waals surface area contributed by atoms with Crippen molar-refractivity contribution in [2.45, 2.75) is 58.4 Å². The number of amides is 1. The zero-order chi connectivity index (χ0) is 20.0. The minimum absolute atomic E-state index is 0.220. The number of hydrogen-bond acceptors (Lipinski definition) is 6. The fraction of sp³-hybridized carbons (Fsp3) is 0.500. The highest BCUT2D eigenvalue weighted by Gasteiger charge is 2.55. The number of ether oxygens (including phenoxy) is 2. The number of thiazole rings is 1. The molecule has 1 N–H and O–H groups in total. The summed E-state index contributed by atoms with van der Waals surface area (Å²) in [6, 6.07) is 6.97. The lowest BCUT2D eigenvalue weighted by molar-refractivity contribution is -0.0684. The lowest BCUT2D eigenvalue weighted by Gasteiger charge is -2.39. The van der Waals surface area contributed by atoms with Crippen LogP contribution in [0.5, 0.6) is 5.75 Å². The van der Waals surface area contributed by atoms with E-state index < -0.39 is 23.0 Å². The quantitative estimate of drug-likeness (QED) is 0.802. The standard InChI is InChI=1S/C20H26N2O4S/c1-18(2,3)26-17(24)22-19(4,5)25-12-20(22,6)16-21-11-15(27-16)13-7-9-14(23)10-8-13/h7-11,23H,12H2,1-6H3/t20-/m1/s1. The average molecular weight is 391 g/mol. The van der Waals surface area contributed by atoms with E-state index in [9.17, 15) is 9.90 Å². The van der Waals surface area contributed by atoms with E-state index in [1.165, 1.54) is 11.3 Å². The number of phenolic OH excluding ortho intramolecular Hbond substituents is 1. The molecule has 7 heteroatoms. The molecule has 1 saturated heterocycles. The lowest BCUT2D eigenvalue weighted by atomic mass is 10.0. The van der Waals surface area contributed by atoms with E-state index in [2.05, 4.69) is 4.98 Å². The summed E-state index contributed by atoms with van der Waals surface area (Å²) in [6.07, 6.45) is 1.37. The number of carbonyl (C=O) groups is 1. The van der Waals surface area contributed by atoms with Crippen LogP contribution in [0.15, 0.2) is 30.5 Å². The minimum atomic E-state index is -0.804. The molecule has 0 radical (unpaired) electrons. The highest BCUT2D eigenvalue weighted by molar-refractivity contribution is 7.15. The van der Waals surface area contributed by atoms with E-state index in [1.807, 2.05) is 53.7 Å².